The Kier molecular flexibility index (Phi) is 10.7. The molecule has 4 aliphatic heterocycles. The smallest absolute Gasteiger partial charge is 0.232 e. The molecule has 0 aliphatic carbocycles. The number of likely N-dealkylation sites (N-methyl/N-ethyl adjacent to an activating group) is 1. The number of ether oxygens (including phenoxy) is 3. The predicted octanol–water partition coefficient (Wildman–Crippen LogP) is 4.90. The van der Waals surface area contributed by atoms with Gasteiger partial charge < -0.3 is 34.6 Å². The highest BCUT2D eigenvalue weighted by Crippen LogP contribution is 2.42. The van der Waals surface area contributed by atoms with Gasteiger partial charge in [-0.05, 0) is 60.8 Å². The van der Waals surface area contributed by atoms with Crippen LogP contribution in [0.5, 0.6) is 17.2 Å². The lowest BCUT2D eigenvalue weighted by Gasteiger charge is -2.42. The van der Waals surface area contributed by atoms with E-state index in [2.05, 4.69) is 53.3 Å². The molecule has 15 heteroatoms. The molecule has 2 aromatic carbocycles. The summed E-state index contributed by atoms with van der Waals surface area (Å²) in [4.78, 5) is 16.7. The summed E-state index contributed by atoms with van der Waals surface area (Å²) in [6, 6.07) is 9.92. The SMILES string of the molecule is COc1cc(N2CCC(N3CCN(C)CC3)CC2)c2cc1Nc1ncc(Br)c(n1)Nc1ccc(cc1N(C)S(C)(=O)=O)OCCCCO2. The van der Waals surface area contributed by atoms with Crippen LogP contribution in [0.15, 0.2) is 41.0 Å². The maximum absolute atomic E-state index is 12.5. The Morgan fingerprint density at radius 2 is 1.71 bits per heavy atom. The molecule has 4 aliphatic rings. The van der Waals surface area contributed by atoms with Crippen molar-refractivity contribution < 1.29 is 22.6 Å². The fourth-order valence-electron chi connectivity index (χ4n) is 6.32. The van der Waals surface area contributed by atoms with Crippen LogP contribution in [0.2, 0.25) is 0 Å². The van der Waals surface area contributed by atoms with Gasteiger partial charge in [0.15, 0.2) is 0 Å². The summed E-state index contributed by atoms with van der Waals surface area (Å²) in [5.74, 6) is 2.76. The van der Waals surface area contributed by atoms with E-state index in [0.29, 0.717) is 64.1 Å². The Morgan fingerprint density at radius 1 is 0.979 bits per heavy atom. The molecular weight excluding hydrogens is 700 g/mol. The number of hydrogen-bond donors (Lipinski definition) is 2. The van der Waals surface area contributed by atoms with Crippen LogP contribution in [0.25, 0.3) is 0 Å². The van der Waals surface area contributed by atoms with E-state index in [-0.39, 0.29) is 0 Å². The van der Waals surface area contributed by atoms with Crippen LogP contribution in [-0.2, 0) is 10.0 Å². The van der Waals surface area contributed by atoms with E-state index in [9.17, 15) is 8.42 Å². The minimum atomic E-state index is -3.56. The number of rotatable bonds is 5. The topological polar surface area (TPSA) is 125 Å². The van der Waals surface area contributed by atoms with Gasteiger partial charge in [0.2, 0.25) is 16.0 Å². The molecule has 3 aromatic rings. The number of halogens is 1. The van der Waals surface area contributed by atoms with Crippen molar-refractivity contribution in [1.29, 1.82) is 0 Å². The Balaban J connectivity index is 1.29. The van der Waals surface area contributed by atoms with E-state index in [0.717, 1.165) is 82.6 Å². The van der Waals surface area contributed by atoms with Gasteiger partial charge in [0, 0.05) is 76.8 Å². The molecule has 48 heavy (non-hydrogen) atoms. The maximum atomic E-state index is 12.5. The number of anilines is 6. The summed E-state index contributed by atoms with van der Waals surface area (Å²) < 4.78 is 45.3. The van der Waals surface area contributed by atoms with Crippen molar-refractivity contribution in [3.05, 3.63) is 41.0 Å². The first-order valence-electron chi connectivity index (χ1n) is 16.4. The number of nitrogens with zero attached hydrogens (tertiary/aromatic N) is 6. The number of piperidine rings is 1. The molecule has 0 unspecified atom stereocenters. The first-order valence-corrected chi connectivity index (χ1v) is 19.0. The Morgan fingerprint density at radius 3 is 2.42 bits per heavy atom. The van der Waals surface area contributed by atoms with Gasteiger partial charge in [0.05, 0.1) is 53.8 Å². The second-order valence-electron chi connectivity index (χ2n) is 12.5. The molecule has 2 fully saturated rings. The molecule has 0 radical (unpaired) electrons. The van der Waals surface area contributed by atoms with Gasteiger partial charge in [-0.3, -0.25) is 9.21 Å². The van der Waals surface area contributed by atoms with E-state index in [1.165, 1.54) is 11.4 Å². The van der Waals surface area contributed by atoms with Gasteiger partial charge in [0.1, 0.15) is 23.1 Å². The van der Waals surface area contributed by atoms with Gasteiger partial charge in [-0.15, -0.1) is 0 Å². The number of hydrogen-bond acceptors (Lipinski definition) is 12. The molecule has 1 aromatic heterocycles. The van der Waals surface area contributed by atoms with E-state index >= 15 is 0 Å². The Labute approximate surface area is 291 Å². The highest BCUT2D eigenvalue weighted by molar-refractivity contribution is 9.10. The fraction of sp³-hybridized carbons (Fsp3) is 0.515. The van der Waals surface area contributed by atoms with Gasteiger partial charge in [0.25, 0.3) is 0 Å². The highest BCUT2D eigenvalue weighted by Gasteiger charge is 2.29. The zero-order valence-electron chi connectivity index (χ0n) is 28.0. The number of piperazine rings is 1. The van der Waals surface area contributed by atoms with Crippen molar-refractivity contribution in [1.82, 2.24) is 19.8 Å². The second kappa shape index (κ2) is 14.9. The van der Waals surface area contributed by atoms with Crippen molar-refractivity contribution in [3.63, 3.8) is 0 Å². The normalized spacial score (nSPS) is 18.5. The van der Waals surface area contributed by atoms with Crippen LogP contribution < -0.4 is 34.0 Å². The molecule has 0 saturated carbocycles. The first-order chi connectivity index (χ1) is 23.1. The Bertz CT molecular complexity index is 1700. The predicted molar refractivity (Wildman–Crippen MR) is 194 cm³/mol. The van der Waals surface area contributed by atoms with E-state index in [1.807, 2.05) is 18.2 Å². The molecule has 6 bridgehead atoms. The molecule has 0 spiro atoms. The minimum absolute atomic E-state index is 0.324. The third kappa shape index (κ3) is 8.01. The number of sulfonamides is 1. The monoisotopic (exact) mass is 744 g/mol. The second-order valence-corrected chi connectivity index (χ2v) is 15.4. The third-order valence-corrected chi connectivity index (χ3v) is 11.0. The summed E-state index contributed by atoms with van der Waals surface area (Å²) in [5, 5.41) is 6.61. The number of methoxy groups -OCH3 is 1. The van der Waals surface area contributed by atoms with Crippen LogP contribution in [-0.4, -0.2) is 114 Å². The van der Waals surface area contributed by atoms with Gasteiger partial charge in [-0.2, -0.15) is 4.98 Å². The van der Waals surface area contributed by atoms with Gasteiger partial charge >= 0.3 is 0 Å². The summed E-state index contributed by atoms with van der Waals surface area (Å²) in [6.07, 6.45) is 6.54. The number of benzene rings is 2. The van der Waals surface area contributed by atoms with Crippen molar-refractivity contribution in [2.45, 2.75) is 31.7 Å². The van der Waals surface area contributed by atoms with E-state index in [1.54, 1.807) is 25.4 Å². The average molecular weight is 746 g/mol. The van der Waals surface area contributed by atoms with Crippen LogP contribution in [0.1, 0.15) is 25.7 Å². The zero-order valence-corrected chi connectivity index (χ0v) is 30.4. The zero-order chi connectivity index (χ0) is 33.8. The molecule has 5 heterocycles. The lowest BCUT2D eigenvalue weighted by molar-refractivity contribution is 0.0981. The minimum Gasteiger partial charge on any atom is -0.494 e. The molecule has 0 atom stereocenters. The van der Waals surface area contributed by atoms with Crippen molar-refractivity contribution >= 4 is 60.5 Å². The maximum Gasteiger partial charge on any atom is 0.232 e. The summed E-state index contributed by atoms with van der Waals surface area (Å²) in [7, 11) is 1.81. The Hall–Kier alpha value is -3.53. The number of nitrogens with one attached hydrogen (secondary N) is 2. The fourth-order valence-corrected chi connectivity index (χ4v) is 7.12. The number of fused-ring (bicyclic) bond motifs is 7. The van der Waals surface area contributed by atoms with Crippen LogP contribution >= 0.6 is 15.9 Å². The van der Waals surface area contributed by atoms with Crippen LogP contribution in [0.3, 0.4) is 0 Å². The van der Waals surface area contributed by atoms with Crippen molar-refractivity contribution in [2.24, 2.45) is 0 Å². The van der Waals surface area contributed by atoms with Crippen LogP contribution in [0, 0.1) is 0 Å². The van der Waals surface area contributed by atoms with Crippen LogP contribution in [0.4, 0.5) is 34.5 Å². The highest BCUT2D eigenvalue weighted by atomic mass is 79.9. The molecular formula is C33H45BrN8O5S. The molecule has 260 valence electrons. The summed E-state index contributed by atoms with van der Waals surface area (Å²) in [6.45, 7) is 7.36. The quantitative estimate of drug-likeness (QED) is 0.370. The van der Waals surface area contributed by atoms with Gasteiger partial charge in [-0.1, -0.05) is 0 Å². The average Bonchev–Trinajstić information content (AvgIpc) is 3.07. The largest absolute Gasteiger partial charge is 0.494 e. The third-order valence-electron chi connectivity index (χ3n) is 9.26. The molecule has 7 rings (SSSR count). The lowest BCUT2D eigenvalue weighted by Crippen LogP contribution is -2.52. The van der Waals surface area contributed by atoms with E-state index in [4.69, 9.17) is 19.2 Å². The van der Waals surface area contributed by atoms with Gasteiger partial charge in [-0.25, -0.2) is 13.4 Å². The van der Waals surface area contributed by atoms with Crippen molar-refractivity contribution in [3.8, 4) is 17.2 Å². The van der Waals surface area contributed by atoms with Crippen molar-refractivity contribution in [2.75, 3.05) is 99.8 Å². The molecule has 2 saturated heterocycles. The standard InChI is InChI=1S/C33H45BrN8O5S/c1-39-13-15-41(16-14-39)23-9-11-42(12-10-23)29-21-30(45-3)27-20-31(29)47-18-6-5-17-46-24-7-8-26(28(19-24)40(2)48(4,43)44)36-32-25(34)22-35-33(37-27)38-32/h7-8,19-23H,5-6,9-18H2,1-4H3,(H2,35,36,37,38). The summed E-state index contributed by atoms with van der Waals surface area (Å²) >= 11 is 3.54. The summed E-state index contributed by atoms with van der Waals surface area (Å²) in [5.41, 5.74) is 2.65. The first kappa shape index (κ1) is 34.3. The lowest BCUT2D eigenvalue weighted by atomic mass is 10.0. The molecule has 13 nitrogen and oxygen atoms in total. The number of aromatic nitrogens is 2. The van der Waals surface area contributed by atoms with E-state index < -0.39 is 10.0 Å². The molecule has 0 amide bonds. The molecule has 2 N–H and O–H groups in total.